The van der Waals surface area contributed by atoms with E-state index in [2.05, 4.69) is 17.8 Å². The first-order valence-corrected chi connectivity index (χ1v) is 8.58. The van der Waals surface area contributed by atoms with Crippen molar-refractivity contribution >= 4 is 23.4 Å². The van der Waals surface area contributed by atoms with Crippen LogP contribution in [-0.2, 0) is 0 Å². The van der Waals surface area contributed by atoms with Gasteiger partial charge in [0, 0.05) is 0 Å². The number of rotatable bonds is 7. The minimum atomic E-state index is -0.486. The summed E-state index contributed by atoms with van der Waals surface area (Å²) in [5.41, 5.74) is 5.40. The van der Waals surface area contributed by atoms with Crippen molar-refractivity contribution in [2.45, 2.75) is 26.2 Å². The summed E-state index contributed by atoms with van der Waals surface area (Å²) in [5, 5.41) is 0.314. The van der Waals surface area contributed by atoms with Crippen LogP contribution < -0.4 is 15.6 Å². The number of nitrogens with one attached hydrogen (secondary N) is 2. The number of hydrogen-bond donors (Lipinski definition) is 2. The number of carbonyl (C=O) groups excluding carboxylic acids is 2. The van der Waals surface area contributed by atoms with E-state index < -0.39 is 11.8 Å². The number of carbonyl (C=O) groups is 2. The van der Waals surface area contributed by atoms with Crippen LogP contribution in [0.1, 0.15) is 46.9 Å². The van der Waals surface area contributed by atoms with Crippen molar-refractivity contribution < 1.29 is 14.3 Å². The molecule has 0 bridgehead atoms. The quantitative estimate of drug-likeness (QED) is 0.579. The fourth-order valence-electron chi connectivity index (χ4n) is 2.21. The molecule has 2 rings (SSSR count). The molecule has 0 aromatic heterocycles. The number of ether oxygens (including phenoxy) is 1. The van der Waals surface area contributed by atoms with Gasteiger partial charge in [0.05, 0.1) is 22.8 Å². The highest BCUT2D eigenvalue weighted by atomic mass is 35.5. The lowest BCUT2D eigenvalue weighted by atomic mass is 10.2. The largest absolute Gasteiger partial charge is 0.493 e. The van der Waals surface area contributed by atoms with Crippen molar-refractivity contribution in [3.63, 3.8) is 0 Å². The second-order valence-corrected chi connectivity index (χ2v) is 5.85. The highest BCUT2D eigenvalue weighted by molar-refractivity contribution is 6.33. The van der Waals surface area contributed by atoms with Crippen LogP contribution in [0.3, 0.4) is 0 Å². The summed E-state index contributed by atoms with van der Waals surface area (Å²) in [4.78, 5) is 24.4. The van der Waals surface area contributed by atoms with Crippen molar-refractivity contribution in [2.24, 2.45) is 0 Å². The Morgan fingerprint density at radius 3 is 2.20 bits per heavy atom. The van der Waals surface area contributed by atoms with Gasteiger partial charge in [-0.25, -0.2) is 0 Å². The molecule has 0 spiro atoms. The standard InChI is InChI=1S/C19H21ClN2O3/c1-2-3-8-13-25-17-12-7-5-10-15(17)19(24)22-21-18(23)14-9-4-6-11-16(14)20/h4-7,9-12H,2-3,8,13H2,1H3,(H,21,23)(H,22,24). The Bertz CT molecular complexity index is 734. The summed E-state index contributed by atoms with van der Waals surface area (Å²) < 4.78 is 5.68. The molecule has 25 heavy (non-hydrogen) atoms. The average molecular weight is 361 g/mol. The van der Waals surface area contributed by atoms with Gasteiger partial charge in [-0.15, -0.1) is 0 Å². The molecular weight excluding hydrogens is 340 g/mol. The molecule has 6 heteroatoms. The summed E-state index contributed by atoms with van der Waals surface area (Å²) in [5.74, 6) is -0.449. The number of hydrogen-bond acceptors (Lipinski definition) is 3. The molecule has 0 aliphatic heterocycles. The molecule has 2 aromatic rings. The number of para-hydroxylation sites is 1. The number of unbranched alkanes of at least 4 members (excludes halogenated alkanes) is 2. The molecule has 2 amide bonds. The van der Waals surface area contributed by atoms with Crippen molar-refractivity contribution in [3.05, 3.63) is 64.7 Å². The molecule has 5 nitrogen and oxygen atoms in total. The maximum atomic E-state index is 12.3. The third kappa shape index (κ3) is 5.50. The van der Waals surface area contributed by atoms with Crippen LogP contribution in [0, 0.1) is 0 Å². The van der Waals surface area contributed by atoms with E-state index in [1.165, 1.54) is 0 Å². The minimum Gasteiger partial charge on any atom is -0.493 e. The lowest BCUT2D eigenvalue weighted by Gasteiger charge is -2.12. The number of amides is 2. The molecule has 0 saturated heterocycles. The number of benzene rings is 2. The molecule has 0 heterocycles. The lowest BCUT2D eigenvalue weighted by molar-refractivity contribution is 0.0844. The van der Waals surface area contributed by atoms with Gasteiger partial charge in [-0.3, -0.25) is 20.4 Å². The first kappa shape index (κ1) is 18.8. The Hall–Kier alpha value is -2.53. The zero-order valence-corrected chi connectivity index (χ0v) is 14.8. The van der Waals surface area contributed by atoms with Gasteiger partial charge >= 0.3 is 0 Å². The third-order valence-electron chi connectivity index (χ3n) is 3.55. The van der Waals surface area contributed by atoms with Gasteiger partial charge in [-0.05, 0) is 30.7 Å². The van der Waals surface area contributed by atoms with Crippen LogP contribution in [0.25, 0.3) is 0 Å². The fourth-order valence-corrected chi connectivity index (χ4v) is 2.43. The molecule has 132 valence electrons. The van der Waals surface area contributed by atoms with Gasteiger partial charge in [0.1, 0.15) is 5.75 Å². The Kier molecular flexibility index (Phi) is 7.29. The molecule has 0 atom stereocenters. The van der Waals surface area contributed by atoms with Crippen molar-refractivity contribution in [1.29, 1.82) is 0 Å². The zero-order chi connectivity index (χ0) is 18.1. The van der Waals surface area contributed by atoms with Crippen LogP contribution in [-0.4, -0.2) is 18.4 Å². The Balaban J connectivity index is 1.96. The normalized spacial score (nSPS) is 10.2. The second-order valence-electron chi connectivity index (χ2n) is 5.44. The number of halogens is 1. The van der Waals surface area contributed by atoms with Crippen LogP contribution in [0.5, 0.6) is 5.75 Å². The third-order valence-corrected chi connectivity index (χ3v) is 3.87. The van der Waals surface area contributed by atoms with Crippen LogP contribution in [0.2, 0.25) is 5.02 Å². The smallest absolute Gasteiger partial charge is 0.273 e. The van der Waals surface area contributed by atoms with Crippen molar-refractivity contribution in [1.82, 2.24) is 10.9 Å². The number of hydrazine groups is 1. The molecular formula is C19H21ClN2O3. The van der Waals surface area contributed by atoms with Crippen LogP contribution in [0.15, 0.2) is 48.5 Å². The van der Waals surface area contributed by atoms with E-state index in [9.17, 15) is 9.59 Å². The Morgan fingerprint density at radius 1 is 0.920 bits per heavy atom. The van der Waals surface area contributed by atoms with Gasteiger partial charge in [0.2, 0.25) is 0 Å². The zero-order valence-electron chi connectivity index (χ0n) is 14.0. The molecule has 0 aliphatic rings. The SMILES string of the molecule is CCCCCOc1ccccc1C(=O)NNC(=O)c1ccccc1Cl. The molecule has 2 N–H and O–H groups in total. The van der Waals surface area contributed by atoms with E-state index in [4.69, 9.17) is 16.3 Å². The highest BCUT2D eigenvalue weighted by Crippen LogP contribution is 2.18. The summed E-state index contributed by atoms with van der Waals surface area (Å²) >= 11 is 5.97. The maximum Gasteiger partial charge on any atom is 0.273 e. The predicted octanol–water partition coefficient (Wildman–Crippen LogP) is 3.98. The first-order valence-electron chi connectivity index (χ1n) is 8.20. The van der Waals surface area contributed by atoms with Crippen molar-refractivity contribution in [2.75, 3.05) is 6.61 Å². The molecule has 0 saturated carbocycles. The van der Waals surface area contributed by atoms with E-state index >= 15 is 0 Å². The van der Waals surface area contributed by atoms with Crippen molar-refractivity contribution in [3.8, 4) is 5.75 Å². The maximum absolute atomic E-state index is 12.3. The molecule has 0 radical (unpaired) electrons. The summed E-state index contributed by atoms with van der Waals surface area (Å²) in [6, 6.07) is 13.5. The first-order chi connectivity index (χ1) is 12.1. The van der Waals surface area contributed by atoms with Crippen LogP contribution >= 0.6 is 11.6 Å². The molecule has 0 aliphatic carbocycles. The Morgan fingerprint density at radius 2 is 1.52 bits per heavy atom. The van der Waals surface area contributed by atoms with E-state index in [0.29, 0.717) is 22.9 Å². The summed E-state index contributed by atoms with van der Waals surface area (Å²) in [6.45, 7) is 2.66. The van der Waals surface area contributed by atoms with Gasteiger partial charge in [0.15, 0.2) is 0 Å². The van der Waals surface area contributed by atoms with Crippen LogP contribution in [0.4, 0.5) is 0 Å². The molecule has 0 unspecified atom stereocenters. The molecule has 0 fully saturated rings. The lowest BCUT2D eigenvalue weighted by Crippen LogP contribution is -2.41. The monoisotopic (exact) mass is 360 g/mol. The summed E-state index contributed by atoms with van der Waals surface area (Å²) in [6.07, 6.45) is 3.09. The van der Waals surface area contributed by atoms with E-state index in [1.54, 1.807) is 48.5 Å². The summed E-state index contributed by atoms with van der Waals surface area (Å²) in [7, 11) is 0. The topological polar surface area (TPSA) is 67.4 Å². The van der Waals surface area contributed by atoms with Gasteiger partial charge in [0.25, 0.3) is 11.8 Å². The van der Waals surface area contributed by atoms with E-state index in [1.807, 2.05) is 0 Å². The second kappa shape index (κ2) is 9.69. The highest BCUT2D eigenvalue weighted by Gasteiger charge is 2.14. The van der Waals surface area contributed by atoms with Gasteiger partial charge in [-0.2, -0.15) is 0 Å². The minimum absolute atomic E-state index is 0.286. The van der Waals surface area contributed by atoms with Gasteiger partial charge < -0.3 is 4.74 Å². The van der Waals surface area contributed by atoms with E-state index in [0.717, 1.165) is 19.3 Å². The average Bonchev–Trinajstić information content (AvgIpc) is 2.64. The molecule has 2 aromatic carbocycles. The fraction of sp³-hybridized carbons (Fsp3) is 0.263. The van der Waals surface area contributed by atoms with Gasteiger partial charge in [-0.1, -0.05) is 55.6 Å². The predicted molar refractivity (Wildman–Crippen MR) is 97.8 cm³/mol. The van der Waals surface area contributed by atoms with E-state index in [-0.39, 0.29) is 5.56 Å². The Labute approximate surface area is 152 Å².